The van der Waals surface area contributed by atoms with Crippen molar-refractivity contribution in [3.8, 4) is 11.5 Å². The fourth-order valence-electron chi connectivity index (χ4n) is 1.87. The molecule has 21 heavy (non-hydrogen) atoms. The van der Waals surface area contributed by atoms with Crippen molar-refractivity contribution in [3.05, 3.63) is 47.8 Å². The van der Waals surface area contributed by atoms with Crippen LogP contribution in [0.2, 0.25) is 0 Å². The Balaban J connectivity index is 2.15. The lowest BCUT2D eigenvalue weighted by Gasteiger charge is -2.12. The number of nitrogens with one attached hydrogen (secondary N) is 1. The van der Waals surface area contributed by atoms with Crippen molar-refractivity contribution in [2.75, 3.05) is 20.0 Å². The molecular weight excluding hydrogens is 270 g/mol. The highest BCUT2D eigenvalue weighted by Crippen LogP contribution is 2.31. The molecule has 1 amide bonds. The minimum atomic E-state index is -0.280. The van der Waals surface area contributed by atoms with Crippen molar-refractivity contribution < 1.29 is 14.3 Å². The van der Waals surface area contributed by atoms with Gasteiger partial charge in [-0.3, -0.25) is 9.78 Å². The Kier molecular flexibility index (Phi) is 4.61. The molecule has 0 aliphatic carbocycles. The smallest absolute Gasteiger partial charge is 0.253 e. The number of carbonyl (C=O) groups is 1. The highest BCUT2D eigenvalue weighted by Gasteiger charge is 2.15. The SMILES string of the molecule is COc1cc(N)c(C(=O)NCc2cccnc2)cc1OC. The summed E-state index contributed by atoms with van der Waals surface area (Å²) in [4.78, 5) is 16.2. The Hall–Kier alpha value is -2.76. The summed E-state index contributed by atoms with van der Waals surface area (Å²) in [5.41, 5.74) is 7.46. The summed E-state index contributed by atoms with van der Waals surface area (Å²) in [7, 11) is 3.02. The van der Waals surface area contributed by atoms with Crippen LogP contribution < -0.4 is 20.5 Å². The second-order valence-electron chi connectivity index (χ2n) is 4.34. The summed E-state index contributed by atoms with van der Waals surface area (Å²) in [6.45, 7) is 0.375. The second-order valence-corrected chi connectivity index (χ2v) is 4.34. The molecule has 1 heterocycles. The van der Waals surface area contributed by atoms with Crippen LogP contribution >= 0.6 is 0 Å². The number of nitrogen functional groups attached to an aromatic ring is 1. The fraction of sp³-hybridized carbons (Fsp3) is 0.200. The molecular formula is C15H17N3O3. The average Bonchev–Trinajstić information content (AvgIpc) is 2.53. The van der Waals surface area contributed by atoms with E-state index in [-0.39, 0.29) is 5.91 Å². The molecule has 1 aromatic carbocycles. The summed E-state index contributed by atoms with van der Waals surface area (Å²) in [5, 5.41) is 2.79. The number of aromatic nitrogens is 1. The number of carbonyl (C=O) groups excluding carboxylic acids is 1. The van der Waals surface area contributed by atoms with Gasteiger partial charge in [-0.2, -0.15) is 0 Å². The van der Waals surface area contributed by atoms with Crippen LogP contribution in [-0.4, -0.2) is 25.1 Å². The number of pyridine rings is 1. The average molecular weight is 287 g/mol. The minimum Gasteiger partial charge on any atom is -0.493 e. The van der Waals surface area contributed by atoms with E-state index >= 15 is 0 Å². The number of benzene rings is 1. The van der Waals surface area contributed by atoms with Gasteiger partial charge in [-0.1, -0.05) is 6.07 Å². The van der Waals surface area contributed by atoms with E-state index in [1.165, 1.54) is 14.2 Å². The maximum Gasteiger partial charge on any atom is 0.253 e. The van der Waals surface area contributed by atoms with Crippen molar-refractivity contribution in [1.82, 2.24) is 10.3 Å². The number of nitrogens with two attached hydrogens (primary N) is 1. The molecule has 0 aliphatic heterocycles. The number of amides is 1. The predicted octanol–water partition coefficient (Wildman–Crippen LogP) is 1.61. The third kappa shape index (κ3) is 3.42. The van der Waals surface area contributed by atoms with Gasteiger partial charge in [0.15, 0.2) is 11.5 Å². The van der Waals surface area contributed by atoms with Crippen LogP contribution in [0, 0.1) is 0 Å². The lowest BCUT2D eigenvalue weighted by molar-refractivity contribution is 0.0951. The molecule has 0 saturated carbocycles. The number of ether oxygens (including phenoxy) is 2. The topological polar surface area (TPSA) is 86.5 Å². The molecule has 1 aromatic heterocycles. The van der Waals surface area contributed by atoms with Gasteiger partial charge in [-0.25, -0.2) is 0 Å². The van der Waals surface area contributed by atoms with Crippen molar-refractivity contribution >= 4 is 11.6 Å². The van der Waals surface area contributed by atoms with Crippen LogP contribution in [0.4, 0.5) is 5.69 Å². The molecule has 0 spiro atoms. The summed E-state index contributed by atoms with van der Waals surface area (Å²) >= 11 is 0. The van der Waals surface area contributed by atoms with E-state index < -0.39 is 0 Å². The number of nitrogens with zero attached hydrogens (tertiary/aromatic N) is 1. The first kappa shape index (κ1) is 14.6. The van der Waals surface area contributed by atoms with Crippen molar-refractivity contribution in [2.45, 2.75) is 6.54 Å². The normalized spacial score (nSPS) is 10.0. The van der Waals surface area contributed by atoms with Gasteiger partial charge in [0.2, 0.25) is 0 Å². The van der Waals surface area contributed by atoms with Gasteiger partial charge < -0.3 is 20.5 Å². The zero-order valence-corrected chi connectivity index (χ0v) is 11.9. The van der Waals surface area contributed by atoms with Crippen LogP contribution in [0.15, 0.2) is 36.7 Å². The van der Waals surface area contributed by atoms with E-state index in [1.54, 1.807) is 24.5 Å². The Bertz CT molecular complexity index is 630. The van der Waals surface area contributed by atoms with E-state index in [4.69, 9.17) is 15.2 Å². The summed E-state index contributed by atoms with van der Waals surface area (Å²) in [6, 6.07) is 6.82. The quantitative estimate of drug-likeness (QED) is 0.816. The van der Waals surface area contributed by atoms with Crippen LogP contribution in [0.1, 0.15) is 15.9 Å². The predicted molar refractivity (Wildman–Crippen MR) is 79.4 cm³/mol. The third-order valence-corrected chi connectivity index (χ3v) is 2.98. The molecule has 0 radical (unpaired) electrons. The lowest BCUT2D eigenvalue weighted by atomic mass is 10.1. The maximum absolute atomic E-state index is 12.2. The molecule has 110 valence electrons. The molecule has 3 N–H and O–H groups in total. The van der Waals surface area contributed by atoms with Crippen LogP contribution in [-0.2, 0) is 6.54 Å². The first-order valence-corrected chi connectivity index (χ1v) is 6.34. The molecule has 0 saturated heterocycles. The van der Waals surface area contributed by atoms with E-state index in [9.17, 15) is 4.79 Å². The first-order valence-electron chi connectivity index (χ1n) is 6.34. The Morgan fingerprint density at radius 1 is 1.29 bits per heavy atom. The molecule has 0 unspecified atom stereocenters. The molecule has 6 nitrogen and oxygen atoms in total. The van der Waals surface area contributed by atoms with E-state index in [0.29, 0.717) is 29.3 Å². The highest BCUT2D eigenvalue weighted by molar-refractivity contribution is 6.00. The highest BCUT2D eigenvalue weighted by atomic mass is 16.5. The maximum atomic E-state index is 12.2. The first-order chi connectivity index (χ1) is 10.2. The standard InChI is InChI=1S/C15H17N3O3/c1-20-13-6-11(12(16)7-14(13)21-2)15(19)18-9-10-4-3-5-17-8-10/h3-8H,9,16H2,1-2H3,(H,18,19). The van der Waals surface area contributed by atoms with Crippen LogP contribution in [0.3, 0.4) is 0 Å². The zero-order chi connectivity index (χ0) is 15.2. The van der Waals surface area contributed by atoms with Gasteiger partial charge in [-0.15, -0.1) is 0 Å². The van der Waals surface area contributed by atoms with Crippen LogP contribution in [0.25, 0.3) is 0 Å². The molecule has 0 aliphatic rings. The number of methoxy groups -OCH3 is 2. The van der Waals surface area contributed by atoms with Crippen LogP contribution in [0.5, 0.6) is 11.5 Å². The Morgan fingerprint density at radius 2 is 2.00 bits per heavy atom. The van der Waals surface area contributed by atoms with Gasteiger partial charge in [0.1, 0.15) is 0 Å². The molecule has 6 heteroatoms. The summed E-state index contributed by atoms with van der Waals surface area (Å²) in [6.07, 6.45) is 3.37. The van der Waals surface area contributed by atoms with Gasteiger partial charge in [-0.05, 0) is 17.7 Å². The summed E-state index contributed by atoms with van der Waals surface area (Å²) < 4.78 is 10.3. The molecule has 0 bridgehead atoms. The third-order valence-electron chi connectivity index (χ3n) is 2.98. The van der Waals surface area contributed by atoms with Crippen molar-refractivity contribution in [2.24, 2.45) is 0 Å². The minimum absolute atomic E-state index is 0.280. The largest absolute Gasteiger partial charge is 0.493 e. The molecule has 0 atom stereocenters. The van der Waals surface area contributed by atoms with E-state index in [0.717, 1.165) is 5.56 Å². The van der Waals surface area contributed by atoms with E-state index in [1.807, 2.05) is 12.1 Å². The Morgan fingerprint density at radius 3 is 2.62 bits per heavy atom. The number of hydrogen-bond donors (Lipinski definition) is 2. The van der Waals surface area contributed by atoms with Crippen molar-refractivity contribution in [3.63, 3.8) is 0 Å². The summed E-state index contributed by atoms with van der Waals surface area (Å²) in [5.74, 6) is 0.661. The molecule has 0 fully saturated rings. The Labute approximate surface area is 122 Å². The number of anilines is 1. The van der Waals surface area contributed by atoms with Gasteiger partial charge in [0.25, 0.3) is 5.91 Å². The van der Waals surface area contributed by atoms with Gasteiger partial charge in [0.05, 0.1) is 19.8 Å². The fourth-order valence-corrected chi connectivity index (χ4v) is 1.87. The zero-order valence-electron chi connectivity index (χ0n) is 11.9. The van der Waals surface area contributed by atoms with E-state index in [2.05, 4.69) is 10.3 Å². The molecule has 2 aromatic rings. The molecule has 2 rings (SSSR count). The number of rotatable bonds is 5. The van der Waals surface area contributed by atoms with Gasteiger partial charge in [0, 0.05) is 30.7 Å². The van der Waals surface area contributed by atoms with Gasteiger partial charge >= 0.3 is 0 Å². The second kappa shape index (κ2) is 6.60. The van der Waals surface area contributed by atoms with Crippen molar-refractivity contribution in [1.29, 1.82) is 0 Å². The number of hydrogen-bond acceptors (Lipinski definition) is 5. The monoisotopic (exact) mass is 287 g/mol. The lowest BCUT2D eigenvalue weighted by Crippen LogP contribution is -2.24.